The largest absolute Gasteiger partial charge is 0.383 e. The Kier molecular flexibility index (Phi) is 10.1. The van der Waals surface area contributed by atoms with Gasteiger partial charge in [-0.15, -0.1) is 0 Å². The van der Waals surface area contributed by atoms with Crippen molar-refractivity contribution in [1.82, 2.24) is 14.4 Å². The molecule has 0 spiro atoms. The predicted molar refractivity (Wildman–Crippen MR) is 131 cm³/mol. The van der Waals surface area contributed by atoms with E-state index in [4.69, 9.17) is 27.9 Å². The highest BCUT2D eigenvalue weighted by Gasteiger charge is 2.30. The van der Waals surface area contributed by atoms with Crippen molar-refractivity contribution in [1.29, 1.82) is 0 Å². The SMILES string of the molecule is COCCN(CC(=O)N(Cc1cccn1Cc1ccccc1)C1CCCCC1)C(=O)C(Cl)Cl. The molecular formula is C25H33Cl2N3O3. The lowest BCUT2D eigenvalue weighted by Gasteiger charge is -2.36. The molecule has 1 aliphatic rings. The lowest BCUT2D eigenvalue weighted by atomic mass is 9.94. The Morgan fingerprint density at radius 3 is 2.48 bits per heavy atom. The first-order valence-corrected chi connectivity index (χ1v) is 12.4. The molecule has 3 rings (SSSR count). The highest BCUT2D eigenvalue weighted by Crippen LogP contribution is 2.25. The van der Waals surface area contributed by atoms with Gasteiger partial charge in [0, 0.05) is 38.1 Å². The maximum absolute atomic E-state index is 13.5. The summed E-state index contributed by atoms with van der Waals surface area (Å²) >= 11 is 11.7. The molecular weight excluding hydrogens is 461 g/mol. The minimum Gasteiger partial charge on any atom is -0.383 e. The minimum atomic E-state index is -1.21. The molecule has 1 aromatic carbocycles. The Balaban J connectivity index is 1.78. The van der Waals surface area contributed by atoms with Gasteiger partial charge in [0.15, 0.2) is 4.84 Å². The van der Waals surface area contributed by atoms with Gasteiger partial charge in [-0.25, -0.2) is 0 Å². The molecule has 0 unspecified atom stereocenters. The van der Waals surface area contributed by atoms with E-state index in [1.54, 1.807) is 7.11 Å². The molecule has 0 radical (unpaired) electrons. The number of ether oxygens (including phenoxy) is 1. The zero-order chi connectivity index (χ0) is 23.6. The Morgan fingerprint density at radius 1 is 1.09 bits per heavy atom. The standard InChI is InChI=1S/C25H33Cl2N3O3/c1-33-16-15-29(25(32)24(26)27)19-23(31)30(21-11-6-3-7-12-21)18-22-13-8-14-28(22)17-20-9-4-2-5-10-20/h2,4-5,8-10,13-14,21,24H,3,6-7,11-12,15-19H2,1H3. The van der Waals surface area contributed by atoms with Crippen LogP contribution in [0.25, 0.3) is 0 Å². The van der Waals surface area contributed by atoms with E-state index >= 15 is 0 Å². The third kappa shape index (κ3) is 7.49. The summed E-state index contributed by atoms with van der Waals surface area (Å²) in [6.07, 6.45) is 7.41. The van der Waals surface area contributed by atoms with Crippen molar-refractivity contribution in [2.24, 2.45) is 0 Å². The first kappa shape index (κ1) is 25.6. The fourth-order valence-corrected chi connectivity index (χ4v) is 4.65. The first-order valence-electron chi connectivity index (χ1n) is 11.5. The molecule has 1 heterocycles. The fraction of sp³-hybridized carbons (Fsp3) is 0.520. The van der Waals surface area contributed by atoms with E-state index in [1.165, 1.54) is 16.9 Å². The van der Waals surface area contributed by atoms with Crippen LogP contribution in [0.1, 0.15) is 43.4 Å². The third-order valence-electron chi connectivity index (χ3n) is 6.18. The van der Waals surface area contributed by atoms with Crippen LogP contribution in [0.3, 0.4) is 0 Å². The smallest absolute Gasteiger partial charge is 0.256 e. The topological polar surface area (TPSA) is 54.8 Å². The van der Waals surface area contributed by atoms with Crippen molar-refractivity contribution in [3.05, 3.63) is 59.9 Å². The number of nitrogens with zero attached hydrogens (tertiary/aromatic N) is 3. The summed E-state index contributed by atoms with van der Waals surface area (Å²) in [7, 11) is 1.55. The Bertz CT molecular complexity index is 882. The van der Waals surface area contributed by atoms with Crippen LogP contribution < -0.4 is 0 Å². The van der Waals surface area contributed by atoms with E-state index in [0.29, 0.717) is 13.2 Å². The Morgan fingerprint density at radius 2 is 1.82 bits per heavy atom. The molecule has 33 heavy (non-hydrogen) atoms. The summed E-state index contributed by atoms with van der Waals surface area (Å²) in [4.78, 5) is 28.2. The number of rotatable bonds is 11. The molecule has 0 aliphatic heterocycles. The third-order valence-corrected chi connectivity index (χ3v) is 6.55. The molecule has 6 nitrogen and oxygen atoms in total. The maximum Gasteiger partial charge on any atom is 0.256 e. The molecule has 2 amide bonds. The van der Waals surface area contributed by atoms with Crippen LogP contribution in [-0.2, 0) is 27.4 Å². The van der Waals surface area contributed by atoms with E-state index in [9.17, 15) is 9.59 Å². The second kappa shape index (κ2) is 13.0. The highest BCUT2D eigenvalue weighted by atomic mass is 35.5. The van der Waals surface area contributed by atoms with Gasteiger partial charge in [0.1, 0.15) is 0 Å². The van der Waals surface area contributed by atoms with E-state index in [-0.39, 0.29) is 25.0 Å². The second-order valence-electron chi connectivity index (χ2n) is 8.48. The number of alkyl halides is 2. The maximum atomic E-state index is 13.5. The lowest BCUT2D eigenvalue weighted by molar-refractivity contribution is -0.142. The van der Waals surface area contributed by atoms with Crippen LogP contribution in [0.2, 0.25) is 0 Å². The van der Waals surface area contributed by atoms with Gasteiger partial charge in [0.25, 0.3) is 5.91 Å². The van der Waals surface area contributed by atoms with Crippen LogP contribution >= 0.6 is 23.2 Å². The molecule has 1 fully saturated rings. The number of hydrogen-bond acceptors (Lipinski definition) is 3. The van der Waals surface area contributed by atoms with Crippen molar-refractivity contribution in [2.45, 2.75) is 56.1 Å². The van der Waals surface area contributed by atoms with Crippen LogP contribution in [0.15, 0.2) is 48.7 Å². The minimum absolute atomic E-state index is 0.0615. The molecule has 8 heteroatoms. The number of amides is 2. The van der Waals surface area contributed by atoms with Crippen LogP contribution in [-0.4, -0.2) is 63.9 Å². The zero-order valence-corrected chi connectivity index (χ0v) is 20.7. The van der Waals surface area contributed by atoms with Crippen molar-refractivity contribution < 1.29 is 14.3 Å². The molecule has 0 atom stereocenters. The van der Waals surface area contributed by atoms with Gasteiger partial charge in [-0.3, -0.25) is 9.59 Å². The molecule has 0 bridgehead atoms. The number of halogens is 2. The Labute approximate surface area is 206 Å². The summed E-state index contributed by atoms with van der Waals surface area (Å²) in [5, 5.41) is 0. The number of hydrogen-bond donors (Lipinski definition) is 0. The Hall–Kier alpha value is -2.02. The number of carbonyl (C=O) groups excluding carboxylic acids is 2. The first-order chi connectivity index (χ1) is 16.0. The predicted octanol–water partition coefficient (Wildman–Crippen LogP) is 4.48. The van der Waals surface area contributed by atoms with Gasteiger partial charge in [0.2, 0.25) is 5.91 Å². The summed E-state index contributed by atoms with van der Waals surface area (Å²) in [5.74, 6) is -0.562. The normalized spacial score (nSPS) is 14.4. The van der Waals surface area contributed by atoms with Crippen molar-refractivity contribution >= 4 is 35.0 Å². The van der Waals surface area contributed by atoms with Crippen LogP contribution in [0, 0.1) is 0 Å². The van der Waals surface area contributed by atoms with E-state index in [1.807, 2.05) is 35.4 Å². The molecule has 1 aliphatic carbocycles. The summed E-state index contributed by atoms with van der Waals surface area (Å²) in [5.41, 5.74) is 2.28. The van der Waals surface area contributed by atoms with E-state index < -0.39 is 10.7 Å². The summed E-state index contributed by atoms with van der Waals surface area (Å²) in [6.45, 7) is 1.76. The second-order valence-corrected chi connectivity index (χ2v) is 9.58. The number of aromatic nitrogens is 1. The van der Waals surface area contributed by atoms with E-state index in [0.717, 1.165) is 37.9 Å². The van der Waals surface area contributed by atoms with Crippen molar-refractivity contribution in [3.63, 3.8) is 0 Å². The molecule has 180 valence electrons. The summed E-state index contributed by atoms with van der Waals surface area (Å²) < 4.78 is 7.29. The molecule has 1 saturated carbocycles. The molecule has 0 saturated heterocycles. The van der Waals surface area contributed by atoms with Gasteiger partial charge in [-0.2, -0.15) is 0 Å². The van der Waals surface area contributed by atoms with Crippen molar-refractivity contribution in [3.8, 4) is 0 Å². The fourth-order valence-electron chi connectivity index (χ4n) is 4.38. The summed E-state index contributed by atoms with van der Waals surface area (Å²) in [6, 6.07) is 14.5. The van der Waals surface area contributed by atoms with Gasteiger partial charge in [0.05, 0.1) is 19.7 Å². The van der Waals surface area contributed by atoms with Gasteiger partial charge >= 0.3 is 0 Å². The van der Waals surface area contributed by atoms with Gasteiger partial charge < -0.3 is 19.1 Å². The molecule has 2 aromatic rings. The quantitative estimate of drug-likeness (QED) is 0.433. The van der Waals surface area contributed by atoms with Crippen molar-refractivity contribution in [2.75, 3.05) is 26.8 Å². The number of benzene rings is 1. The molecule has 1 aromatic heterocycles. The average molecular weight is 494 g/mol. The highest BCUT2D eigenvalue weighted by molar-refractivity contribution is 6.53. The average Bonchev–Trinajstić information content (AvgIpc) is 3.27. The zero-order valence-electron chi connectivity index (χ0n) is 19.2. The molecule has 0 N–H and O–H groups in total. The van der Waals surface area contributed by atoms with Crippen LogP contribution in [0.5, 0.6) is 0 Å². The number of carbonyl (C=O) groups is 2. The van der Waals surface area contributed by atoms with Gasteiger partial charge in [-0.05, 0) is 30.5 Å². The monoisotopic (exact) mass is 493 g/mol. The van der Waals surface area contributed by atoms with Gasteiger partial charge in [-0.1, -0.05) is 72.8 Å². The van der Waals surface area contributed by atoms with E-state index in [2.05, 4.69) is 22.8 Å². The van der Waals surface area contributed by atoms with Crippen LogP contribution in [0.4, 0.5) is 0 Å². The number of methoxy groups -OCH3 is 1. The lowest BCUT2D eigenvalue weighted by Crippen LogP contribution is -2.49.